The summed E-state index contributed by atoms with van der Waals surface area (Å²) in [5.41, 5.74) is 3.52. The van der Waals surface area contributed by atoms with E-state index in [1.165, 1.54) is 11.1 Å². The van der Waals surface area contributed by atoms with Crippen molar-refractivity contribution < 1.29 is 9.59 Å². The molecule has 1 saturated carbocycles. The van der Waals surface area contributed by atoms with Crippen LogP contribution in [0.5, 0.6) is 0 Å². The van der Waals surface area contributed by atoms with Crippen LogP contribution in [-0.4, -0.2) is 18.4 Å². The first kappa shape index (κ1) is 17.5. The minimum absolute atomic E-state index is 0.0204. The molecule has 0 heterocycles. The van der Waals surface area contributed by atoms with Crippen molar-refractivity contribution in [3.8, 4) is 0 Å². The van der Waals surface area contributed by atoms with Gasteiger partial charge in [0.05, 0.1) is 6.04 Å². The Balaban J connectivity index is 1.75. The molecule has 1 aromatic rings. The molecule has 4 heteroatoms. The van der Waals surface area contributed by atoms with E-state index in [4.69, 9.17) is 0 Å². The molecule has 0 aromatic heterocycles. The van der Waals surface area contributed by atoms with Gasteiger partial charge in [0.15, 0.2) is 0 Å². The Hall–Kier alpha value is -1.84. The van der Waals surface area contributed by atoms with Gasteiger partial charge in [0.1, 0.15) is 0 Å². The largest absolute Gasteiger partial charge is 0.355 e. The fourth-order valence-electron chi connectivity index (χ4n) is 3.25. The highest BCUT2D eigenvalue weighted by Crippen LogP contribution is 2.24. The average Bonchev–Trinajstić information content (AvgIpc) is 3.03. The fourth-order valence-corrected chi connectivity index (χ4v) is 3.25. The lowest BCUT2D eigenvalue weighted by atomic mass is 10.00. The first-order valence-corrected chi connectivity index (χ1v) is 8.61. The Morgan fingerprint density at radius 3 is 2.61 bits per heavy atom. The maximum atomic E-state index is 12.1. The molecule has 2 rings (SSSR count). The van der Waals surface area contributed by atoms with Gasteiger partial charge in [-0.3, -0.25) is 9.59 Å². The van der Waals surface area contributed by atoms with E-state index < -0.39 is 0 Å². The summed E-state index contributed by atoms with van der Waals surface area (Å²) in [7, 11) is 0. The molecule has 1 fully saturated rings. The third-order valence-electron chi connectivity index (χ3n) is 4.66. The van der Waals surface area contributed by atoms with E-state index in [0.29, 0.717) is 13.0 Å². The van der Waals surface area contributed by atoms with Crippen LogP contribution in [-0.2, 0) is 9.59 Å². The molecular formula is C19H28N2O2. The number of carbonyl (C=O) groups excluding carboxylic acids is 2. The molecule has 1 atom stereocenters. The lowest BCUT2D eigenvalue weighted by molar-refractivity contribution is -0.125. The smallest absolute Gasteiger partial charge is 0.223 e. The second-order valence-electron chi connectivity index (χ2n) is 6.67. The lowest BCUT2D eigenvalue weighted by Gasteiger charge is -2.17. The van der Waals surface area contributed by atoms with Gasteiger partial charge >= 0.3 is 0 Å². The molecule has 0 bridgehead atoms. The van der Waals surface area contributed by atoms with E-state index in [1.807, 2.05) is 6.92 Å². The molecule has 0 aliphatic heterocycles. The van der Waals surface area contributed by atoms with Gasteiger partial charge in [0.25, 0.3) is 0 Å². The van der Waals surface area contributed by atoms with E-state index in [-0.39, 0.29) is 23.8 Å². The van der Waals surface area contributed by atoms with Crippen LogP contribution in [0.4, 0.5) is 0 Å². The van der Waals surface area contributed by atoms with E-state index in [2.05, 4.69) is 42.7 Å². The Bertz CT molecular complexity index is 562. The number of rotatable bonds is 6. The molecule has 0 saturated heterocycles. The van der Waals surface area contributed by atoms with Gasteiger partial charge in [-0.15, -0.1) is 0 Å². The van der Waals surface area contributed by atoms with Gasteiger partial charge < -0.3 is 10.6 Å². The van der Waals surface area contributed by atoms with Crippen LogP contribution in [0.3, 0.4) is 0 Å². The molecule has 0 unspecified atom stereocenters. The number of hydrogen-bond acceptors (Lipinski definition) is 2. The minimum atomic E-state index is -0.0230. The van der Waals surface area contributed by atoms with E-state index in [1.54, 1.807) is 0 Å². The van der Waals surface area contributed by atoms with Crippen LogP contribution >= 0.6 is 0 Å². The van der Waals surface area contributed by atoms with E-state index >= 15 is 0 Å². The van der Waals surface area contributed by atoms with Crippen molar-refractivity contribution >= 4 is 11.8 Å². The number of hydrogen-bond donors (Lipinski definition) is 2. The van der Waals surface area contributed by atoms with Gasteiger partial charge in [-0.05, 0) is 44.7 Å². The van der Waals surface area contributed by atoms with Crippen molar-refractivity contribution in [3.05, 3.63) is 34.9 Å². The second-order valence-corrected chi connectivity index (χ2v) is 6.67. The topological polar surface area (TPSA) is 58.2 Å². The normalized spacial score (nSPS) is 16.1. The number of carbonyl (C=O) groups is 2. The number of aryl methyl sites for hydroxylation is 2. The van der Waals surface area contributed by atoms with Crippen LogP contribution in [0.2, 0.25) is 0 Å². The Labute approximate surface area is 139 Å². The highest BCUT2D eigenvalue weighted by atomic mass is 16.2. The van der Waals surface area contributed by atoms with Crippen molar-refractivity contribution in [2.45, 2.75) is 58.9 Å². The standard InChI is InChI=1S/C19H28N2O2/c1-13-8-9-14(2)17(12-13)15(3)21-18(22)10-11-20-19(23)16-6-4-5-7-16/h8-9,12,15-16H,4-7,10-11H2,1-3H3,(H,20,23)(H,21,22)/t15-/m0/s1. The fraction of sp³-hybridized carbons (Fsp3) is 0.579. The Morgan fingerprint density at radius 1 is 1.22 bits per heavy atom. The van der Waals surface area contributed by atoms with E-state index in [0.717, 1.165) is 31.2 Å². The summed E-state index contributed by atoms with van der Waals surface area (Å²) >= 11 is 0. The summed E-state index contributed by atoms with van der Waals surface area (Å²) in [5, 5.41) is 5.91. The zero-order valence-electron chi connectivity index (χ0n) is 14.4. The van der Waals surface area contributed by atoms with Gasteiger partial charge in [0.2, 0.25) is 11.8 Å². The summed E-state index contributed by atoms with van der Waals surface area (Å²) in [4.78, 5) is 24.0. The van der Waals surface area contributed by atoms with Crippen LogP contribution in [0.15, 0.2) is 18.2 Å². The van der Waals surface area contributed by atoms with E-state index in [9.17, 15) is 9.59 Å². The summed E-state index contributed by atoms with van der Waals surface area (Å²) in [5.74, 6) is 0.245. The quantitative estimate of drug-likeness (QED) is 0.847. The molecule has 126 valence electrons. The highest BCUT2D eigenvalue weighted by molar-refractivity contribution is 5.80. The van der Waals surface area contributed by atoms with Crippen molar-refractivity contribution in [1.29, 1.82) is 0 Å². The highest BCUT2D eigenvalue weighted by Gasteiger charge is 2.22. The Morgan fingerprint density at radius 2 is 1.91 bits per heavy atom. The number of amides is 2. The summed E-state index contributed by atoms with van der Waals surface area (Å²) in [6.07, 6.45) is 4.59. The average molecular weight is 316 g/mol. The first-order valence-electron chi connectivity index (χ1n) is 8.61. The molecular weight excluding hydrogens is 288 g/mol. The minimum Gasteiger partial charge on any atom is -0.355 e. The first-order chi connectivity index (χ1) is 11.0. The van der Waals surface area contributed by atoms with Crippen LogP contribution < -0.4 is 10.6 Å². The molecule has 1 aromatic carbocycles. The van der Waals surface area contributed by atoms with Gasteiger partial charge in [-0.2, -0.15) is 0 Å². The summed E-state index contributed by atoms with van der Waals surface area (Å²) in [6, 6.07) is 6.25. The second kappa shape index (κ2) is 8.14. The number of benzene rings is 1. The molecule has 2 N–H and O–H groups in total. The van der Waals surface area contributed by atoms with Crippen molar-refractivity contribution in [1.82, 2.24) is 10.6 Å². The molecule has 4 nitrogen and oxygen atoms in total. The van der Waals surface area contributed by atoms with Gasteiger partial charge in [-0.1, -0.05) is 36.6 Å². The molecule has 1 aliphatic carbocycles. The maximum Gasteiger partial charge on any atom is 0.223 e. The molecule has 0 spiro atoms. The monoisotopic (exact) mass is 316 g/mol. The molecule has 0 radical (unpaired) electrons. The van der Waals surface area contributed by atoms with Crippen LogP contribution in [0.25, 0.3) is 0 Å². The molecule has 23 heavy (non-hydrogen) atoms. The van der Waals surface area contributed by atoms with Crippen molar-refractivity contribution in [2.24, 2.45) is 5.92 Å². The third-order valence-corrected chi connectivity index (χ3v) is 4.66. The predicted molar refractivity (Wildman–Crippen MR) is 92.1 cm³/mol. The predicted octanol–water partition coefficient (Wildman–Crippen LogP) is 3.18. The third kappa shape index (κ3) is 5.08. The SMILES string of the molecule is Cc1ccc(C)c([C@H](C)NC(=O)CCNC(=O)C2CCCC2)c1. The van der Waals surface area contributed by atoms with Crippen LogP contribution in [0, 0.1) is 19.8 Å². The summed E-state index contributed by atoms with van der Waals surface area (Å²) < 4.78 is 0. The Kier molecular flexibility index (Phi) is 6.20. The molecule has 1 aliphatic rings. The zero-order chi connectivity index (χ0) is 16.8. The van der Waals surface area contributed by atoms with Crippen molar-refractivity contribution in [2.75, 3.05) is 6.54 Å². The number of nitrogens with one attached hydrogen (secondary N) is 2. The maximum absolute atomic E-state index is 12.1. The van der Waals surface area contributed by atoms with Crippen LogP contribution in [0.1, 0.15) is 61.8 Å². The lowest BCUT2D eigenvalue weighted by Crippen LogP contribution is -2.34. The van der Waals surface area contributed by atoms with Gasteiger partial charge in [0, 0.05) is 18.9 Å². The van der Waals surface area contributed by atoms with Crippen molar-refractivity contribution in [3.63, 3.8) is 0 Å². The van der Waals surface area contributed by atoms with Gasteiger partial charge in [-0.25, -0.2) is 0 Å². The summed E-state index contributed by atoms with van der Waals surface area (Å²) in [6.45, 7) is 6.52. The zero-order valence-corrected chi connectivity index (χ0v) is 14.4. The molecule has 2 amide bonds.